The summed E-state index contributed by atoms with van der Waals surface area (Å²) in [6.45, 7) is 0. The number of nitrogens with zero attached hydrogens (tertiary/aromatic N) is 2. The lowest BCUT2D eigenvalue weighted by Crippen LogP contribution is -1.83. The van der Waals surface area contributed by atoms with Gasteiger partial charge in [0, 0.05) is 22.8 Å². The molecule has 1 aromatic carbocycles. The highest BCUT2D eigenvalue weighted by molar-refractivity contribution is 6.31. The second-order valence-corrected chi connectivity index (χ2v) is 4.62. The lowest BCUT2D eigenvalue weighted by molar-refractivity contribution is 1.32. The lowest BCUT2D eigenvalue weighted by atomic mass is 10.2. The van der Waals surface area contributed by atoms with Crippen LogP contribution in [0.2, 0.25) is 5.02 Å². The topological polar surface area (TPSA) is 25.8 Å². The molecule has 0 spiro atoms. The molecule has 0 aliphatic carbocycles. The monoisotopic (exact) mass is 266 g/mol. The van der Waals surface area contributed by atoms with E-state index >= 15 is 0 Å². The highest BCUT2D eigenvalue weighted by Crippen LogP contribution is 2.18. The molecule has 3 heteroatoms. The van der Waals surface area contributed by atoms with Gasteiger partial charge in [0.1, 0.15) is 0 Å². The van der Waals surface area contributed by atoms with Crippen LogP contribution in [0, 0.1) is 0 Å². The molecule has 0 amide bonds. The van der Waals surface area contributed by atoms with Gasteiger partial charge in [-0.1, -0.05) is 23.7 Å². The molecule has 0 aliphatic heterocycles. The summed E-state index contributed by atoms with van der Waals surface area (Å²) in [5.41, 5.74) is 2.97. The zero-order chi connectivity index (χ0) is 13.1. The van der Waals surface area contributed by atoms with Crippen molar-refractivity contribution in [3.8, 4) is 0 Å². The van der Waals surface area contributed by atoms with Gasteiger partial charge in [-0.3, -0.25) is 4.98 Å². The van der Waals surface area contributed by atoms with Gasteiger partial charge in [0.25, 0.3) is 0 Å². The predicted octanol–water partition coefficient (Wildman–Crippen LogP) is 4.45. The molecule has 0 saturated carbocycles. The summed E-state index contributed by atoms with van der Waals surface area (Å²) in [6.07, 6.45) is 7.56. The minimum atomic E-state index is 0.731. The van der Waals surface area contributed by atoms with E-state index in [1.165, 1.54) is 0 Å². The molecule has 0 aliphatic rings. The first-order valence-corrected chi connectivity index (χ1v) is 6.33. The van der Waals surface area contributed by atoms with E-state index in [1.54, 1.807) is 12.4 Å². The number of aromatic nitrogens is 2. The van der Waals surface area contributed by atoms with E-state index in [0.717, 1.165) is 27.2 Å². The van der Waals surface area contributed by atoms with Gasteiger partial charge >= 0.3 is 0 Å². The van der Waals surface area contributed by atoms with Crippen LogP contribution < -0.4 is 0 Å². The number of rotatable bonds is 2. The Bertz CT molecular complexity index is 736. The minimum Gasteiger partial charge on any atom is -0.265 e. The molecule has 2 aromatic heterocycles. The Morgan fingerprint density at radius 1 is 0.895 bits per heavy atom. The van der Waals surface area contributed by atoms with Crippen LogP contribution in [0.5, 0.6) is 0 Å². The lowest BCUT2D eigenvalue weighted by Gasteiger charge is -1.99. The maximum atomic E-state index is 5.95. The number of fused-ring (bicyclic) bond motifs is 1. The Morgan fingerprint density at radius 2 is 1.74 bits per heavy atom. The summed E-state index contributed by atoms with van der Waals surface area (Å²) in [7, 11) is 0. The Balaban J connectivity index is 1.94. The standard InChI is InChI=1S/C16H11ClN2/c17-14-3-6-16-13(11-14)2-5-15(19-16)4-1-12-7-9-18-10-8-12/h1-11H/b4-1+. The Hall–Kier alpha value is -2.19. The van der Waals surface area contributed by atoms with Crippen molar-refractivity contribution in [2.24, 2.45) is 0 Å². The normalized spacial score (nSPS) is 11.2. The molecule has 0 saturated heterocycles. The van der Waals surface area contributed by atoms with Gasteiger partial charge in [0.05, 0.1) is 11.2 Å². The molecule has 2 nitrogen and oxygen atoms in total. The summed E-state index contributed by atoms with van der Waals surface area (Å²) >= 11 is 5.95. The first kappa shape index (κ1) is 11.9. The van der Waals surface area contributed by atoms with Crippen molar-refractivity contribution in [3.63, 3.8) is 0 Å². The van der Waals surface area contributed by atoms with Gasteiger partial charge < -0.3 is 0 Å². The third-order valence-electron chi connectivity index (χ3n) is 2.83. The fraction of sp³-hybridized carbons (Fsp3) is 0. The summed E-state index contributed by atoms with van der Waals surface area (Å²) in [4.78, 5) is 8.56. The zero-order valence-electron chi connectivity index (χ0n) is 10.1. The van der Waals surface area contributed by atoms with E-state index in [0.29, 0.717) is 0 Å². The van der Waals surface area contributed by atoms with Gasteiger partial charge in [-0.25, -0.2) is 4.98 Å². The van der Waals surface area contributed by atoms with Gasteiger partial charge in [-0.2, -0.15) is 0 Å². The van der Waals surface area contributed by atoms with Crippen molar-refractivity contribution in [3.05, 3.63) is 71.1 Å². The van der Waals surface area contributed by atoms with Crippen LogP contribution in [0.3, 0.4) is 0 Å². The van der Waals surface area contributed by atoms with Crippen LogP contribution >= 0.6 is 11.6 Å². The molecule has 19 heavy (non-hydrogen) atoms. The van der Waals surface area contributed by atoms with Crippen LogP contribution in [0.1, 0.15) is 11.3 Å². The average molecular weight is 267 g/mol. The molecular formula is C16H11ClN2. The Labute approximate surface area is 116 Å². The van der Waals surface area contributed by atoms with Crippen LogP contribution in [0.15, 0.2) is 54.9 Å². The largest absolute Gasteiger partial charge is 0.265 e. The Kier molecular flexibility index (Phi) is 3.25. The van der Waals surface area contributed by atoms with E-state index in [4.69, 9.17) is 11.6 Å². The molecule has 0 radical (unpaired) electrons. The fourth-order valence-corrected chi connectivity index (χ4v) is 2.04. The molecule has 0 atom stereocenters. The molecule has 3 rings (SSSR count). The maximum absolute atomic E-state index is 5.95. The fourth-order valence-electron chi connectivity index (χ4n) is 1.86. The van der Waals surface area contributed by atoms with E-state index < -0.39 is 0 Å². The van der Waals surface area contributed by atoms with Crippen molar-refractivity contribution >= 4 is 34.7 Å². The molecule has 0 bridgehead atoms. The van der Waals surface area contributed by atoms with Crippen LogP contribution in [0.25, 0.3) is 23.1 Å². The average Bonchev–Trinajstić information content (AvgIpc) is 2.46. The third kappa shape index (κ3) is 2.80. The van der Waals surface area contributed by atoms with Crippen LogP contribution in [-0.2, 0) is 0 Å². The van der Waals surface area contributed by atoms with E-state index in [9.17, 15) is 0 Å². The highest BCUT2D eigenvalue weighted by Gasteiger charge is 1.97. The highest BCUT2D eigenvalue weighted by atomic mass is 35.5. The molecule has 3 aromatic rings. The van der Waals surface area contributed by atoms with Crippen molar-refractivity contribution in [1.82, 2.24) is 9.97 Å². The van der Waals surface area contributed by atoms with Gasteiger partial charge in [0.15, 0.2) is 0 Å². The third-order valence-corrected chi connectivity index (χ3v) is 3.06. The molecule has 2 heterocycles. The molecule has 0 fully saturated rings. The van der Waals surface area contributed by atoms with Crippen LogP contribution in [0.4, 0.5) is 0 Å². The molecular weight excluding hydrogens is 256 g/mol. The van der Waals surface area contributed by atoms with E-state index in [2.05, 4.69) is 9.97 Å². The smallest absolute Gasteiger partial charge is 0.0710 e. The first-order valence-electron chi connectivity index (χ1n) is 5.96. The van der Waals surface area contributed by atoms with E-state index in [-0.39, 0.29) is 0 Å². The van der Waals surface area contributed by atoms with Crippen molar-refractivity contribution in [1.29, 1.82) is 0 Å². The summed E-state index contributed by atoms with van der Waals surface area (Å²) in [5, 5.41) is 1.78. The summed E-state index contributed by atoms with van der Waals surface area (Å²) < 4.78 is 0. The SMILES string of the molecule is Clc1ccc2nc(/C=C/c3ccncc3)ccc2c1. The second-order valence-electron chi connectivity index (χ2n) is 4.19. The number of benzene rings is 1. The molecule has 0 unspecified atom stereocenters. The van der Waals surface area contributed by atoms with Gasteiger partial charge in [-0.15, -0.1) is 0 Å². The predicted molar refractivity (Wildman–Crippen MR) is 79.9 cm³/mol. The van der Waals surface area contributed by atoms with E-state index in [1.807, 2.05) is 54.6 Å². The first-order chi connectivity index (χ1) is 9.31. The van der Waals surface area contributed by atoms with Crippen LogP contribution in [-0.4, -0.2) is 9.97 Å². The van der Waals surface area contributed by atoms with Crippen molar-refractivity contribution < 1.29 is 0 Å². The summed E-state index contributed by atoms with van der Waals surface area (Å²) in [5.74, 6) is 0. The number of halogens is 1. The quantitative estimate of drug-likeness (QED) is 0.685. The molecule has 92 valence electrons. The number of hydrogen-bond acceptors (Lipinski definition) is 2. The van der Waals surface area contributed by atoms with Gasteiger partial charge in [-0.05, 0) is 48.0 Å². The summed E-state index contributed by atoms with van der Waals surface area (Å²) in [6, 6.07) is 13.6. The van der Waals surface area contributed by atoms with Gasteiger partial charge in [0.2, 0.25) is 0 Å². The zero-order valence-corrected chi connectivity index (χ0v) is 10.9. The molecule has 0 N–H and O–H groups in total. The maximum Gasteiger partial charge on any atom is 0.0710 e. The number of pyridine rings is 2. The Morgan fingerprint density at radius 3 is 2.58 bits per heavy atom. The van der Waals surface area contributed by atoms with Crippen molar-refractivity contribution in [2.75, 3.05) is 0 Å². The minimum absolute atomic E-state index is 0.731. The van der Waals surface area contributed by atoms with Crippen molar-refractivity contribution in [2.45, 2.75) is 0 Å². The number of hydrogen-bond donors (Lipinski definition) is 0. The second kappa shape index (κ2) is 5.21.